The highest BCUT2D eigenvalue weighted by molar-refractivity contribution is 9.10. The van der Waals surface area contributed by atoms with Gasteiger partial charge in [0.1, 0.15) is 17.0 Å². The first-order chi connectivity index (χ1) is 14.1. The number of piperidine rings is 1. The Kier molecular flexibility index (Phi) is 6.42. The van der Waals surface area contributed by atoms with E-state index < -0.39 is 0 Å². The van der Waals surface area contributed by atoms with Gasteiger partial charge < -0.3 is 4.40 Å². The van der Waals surface area contributed by atoms with Gasteiger partial charge in [-0.05, 0) is 82.1 Å². The quantitative estimate of drug-likeness (QED) is 0.358. The number of aromatic nitrogens is 4. The Balaban J connectivity index is 0.000000150. The van der Waals surface area contributed by atoms with E-state index >= 15 is 0 Å². The van der Waals surface area contributed by atoms with Crippen LogP contribution < -0.4 is 0 Å². The maximum Gasteiger partial charge on any atom is 0.168 e. The molecule has 0 saturated carbocycles. The predicted octanol–water partition coefficient (Wildman–Crippen LogP) is 4.99. The van der Waals surface area contributed by atoms with Crippen LogP contribution in [-0.2, 0) is 6.54 Å². The van der Waals surface area contributed by atoms with Crippen molar-refractivity contribution in [3.05, 3.63) is 69.4 Å². The van der Waals surface area contributed by atoms with E-state index in [1.165, 1.54) is 38.0 Å². The largest absolute Gasteiger partial charge is 0.302 e. The molecule has 1 fully saturated rings. The lowest BCUT2D eigenvalue weighted by atomic mass is 10.1. The molecule has 0 radical (unpaired) electrons. The van der Waals surface area contributed by atoms with Gasteiger partial charge in [0, 0.05) is 27.9 Å². The van der Waals surface area contributed by atoms with Crippen molar-refractivity contribution in [2.75, 3.05) is 13.1 Å². The van der Waals surface area contributed by atoms with Gasteiger partial charge in [0.2, 0.25) is 0 Å². The van der Waals surface area contributed by atoms with Crippen molar-refractivity contribution in [1.29, 1.82) is 0 Å². The first kappa shape index (κ1) is 20.3. The minimum absolute atomic E-state index is 0.561. The molecule has 0 atom stereocenters. The molecule has 5 heterocycles. The van der Waals surface area contributed by atoms with Crippen molar-refractivity contribution in [3.8, 4) is 0 Å². The summed E-state index contributed by atoms with van der Waals surface area (Å²) in [6.07, 6.45) is 12.3. The number of nitrogens with zero attached hydrogens (tertiary/aromatic N) is 5. The molecule has 4 aromatic rings. The predicted molar refractivity (Wildman–Crippen MR) is 120 cm³/mol. The van der Waals surface area contributed by atoms with Gasteiger partial charge in [-0.3, -0.25) is 14.1 Å². The summed E-state index contributed by atoms with van der Waals surface area (Å²) in [4.78, 5) is 21.5. The van der Waals surface area contributed by atoms with Crippen LogP contribution in [0.2, 0.25) is 0 Å². The van der Waals surface area contributed by atoms with Crippen LogP contribution in [0, 0.1) is 0 Å². The number of hydrogen-bond donors (Lipinski definition) is 0. The van der Waals surface area contributed by atoms with E-state index in [-0.39, 0.29) is 0 Å². The second-order valence-electron chi connectivity index (χ2n) is 7.04. The molecular weight excluding hydrogens is 498 g/mol. The molecule has 0 aliphatic carbocycles. The van der Waals surface area contributed by atoms with Gasteiger partial charge in [-0.1, -0.05) is 6.42 Å². The fraction of sp³-hybridized carbons (Fsp3) is 0.286. The summed E-state index contributed by atoms with van der Waals surface area (Å²) in [5, 5.41) is 0. The number of halogens is 2. The van der Waals surface area contributed by atoms with Gasteiger partial charge in [-0.2, -0.15) is 0 Å². The van der Waals surface area contributed by atoms with Crippen LogP contribution in [0.15, 0.2) is 58.0 Å². The molecule has 1 saturated heterocycles. The molecular formula is C21H21Br2N5O. The van der Waals surface area contributed by atoms with E-state index in [9.17, 15) is 4.79 Å². The highest BCUT2D eigenvalue weighted by Gasteiger charge is 2.12. The molecule has 1 aliphatic heterocycles. The number of pyridine rings is 2. The number of carbonyl (C=O) groups excluding carboxylic acids is 1. The Morgan fingerprint density at radius 1 is 0.862 bits per heavy atom. The third-order valence-corrected chi connectivity index (χ3v) is 5.94. The molecule has 6 nitrogen and oxygen atoms in total. The second kappa shape index (κ2) is 9.19. The average Bonchev–Trinajstić information content (AvgIpc) is 3.32. The molecule has 0 aromatic carbocycles. The number of likely N-dealkylation sites (tertiary alicyclic amines) is 1. The molecule has 150 valence electrons. The zero-order valence-corrected chi connectivity index (χ0v) is 19.0. The van der Waals surface area contributed by atoms with E-state index in [4.69, 9.17) is 0 Å². The fourth-order valence-electron chi connectivity index (χ4n) is 3.53. The Morgan fingerprint density at radius 3 is 2.17 bits per heavy atom. The third kappa shape index (κ3) is 4.76. The van der Waals surface area contributed by atoms with Crippen molar-refractivity contribution >= 4 is 49.4 Å². The summed E-state index contributed by atoms with van der Waals surface area (Å²) in [5.41, 5.74) is 3.65. The Labute approximate surface area is 185 Å². The van der Waals surface area contributed by atoms with Crippen LogP contribution in [0.5, 0.6) is 0 Å². The molecule has 5 rings (SSSR count). The van der Waals surface area contributed by atoms with Crippen LogP contribution in [0.25, 0.3) is 11.3 Å². The van der Waals surface area contributed by atoms with E-state index in [2.05, 4.69) is 57.3 Å². The van der Waals surface area contributed by atoms with Crippen LogP contribution in [0.3, 0.4) is 0 Å². The number of aldehydes is 1. The van der Waals surface area contributed by atoms with Gasteiger partial charge in [-0.25, -0.2) is 9.97 Å². The van der Waals surface area contributed by atoms with Crippen molar-refractivity contribution in [3.63, 3.8) is 0 Å². The maximum atomic E-state index is 10.5. The van der Waals surface area contributed by atoms with Crippen molar-refractivity contribution < 1.29 is 4.79 Å². The Bertz CT molecular complexity index is 1130. The van der Waals surface area contributed by atoms with E-state index in [1.807, 2.05) is 36.7 Å². The Morgan fingerprint density at radius 2 is 1.48 bits per heavy atom. The summed E-state index contributed by atoms with van der Waals surface area (Å²) in [5.74, 6) is 0. The molecule has 0 spiro atoms. The van der Waals surface area contributed by atoms with Gasteiger partial charge in [0.25, 0.3) is 0 Å². The fourth-order valence-corrected chi connectivity index (χ4v) is 4.20. The SMILES string of the molecule is Brc1ccc2ncc(CN3CCCCC3)n2c1.O=Cc1cnc2ccc(Br)cn12. The van der Waals surface area contributed by atoms with Crippen molar-refractivity contribution in [1.82, 2.24) is 23.7 Å². The smallest absolute Gasteiger partial charge is 0.168 e. The first-order valence-corrected chi connectivity index (χ1v) is 11.1. The summed E-state index contributed by atoms with van der Waals surface area (Å²) in [6.45, 7) is 3.46. The lowest BCUT2D eigenvalue weighted by molar-refractivity contribution is 0.111. The number of fused-ring (bicyclic) bond motifs is 2. The van der Waals surface area contributed by atoms with Crippen LogP contribution in [0.1, 0.15) is 35.4 Å². The number of hydrogen-bond acceptors (Lipinski definition) is 4. The number of rotatable bonds is 3. The van der Waals surface area contributed by atoms with Crippen molar-refractivity contribution in [2.45, 2.75) is 25.8 Å². The number of imidazole rings is 2. The second-order valence-corrected chi connectivity index (χ2v) is 8.87. The molecule has 0 amide bonds. The van der Waals surface area contributed by atoms with Crippen LogP contribution >= 0.6 is 31.9 Å². The highest BCUT2D eigenvalue weighted by Crippen LogP contribution is 2.17. The normalized spacial score (nSPS) is 14.7. The standard InChI is InChI=1S/C13H16BrN3.C8H5BrN2O/c14-11-4-5-13-15-8-12(17(13)9-11)10-16-6-2-1-3-7-16;9-6-1-2-8-10-3-7(5-12)11(8)4-6/h4-5,8-9H,1-3,6-7,10H2;1-5H. The van der Waals surface area contributed by atoms with Gasteiger partial charge >= 0.3 is 0 Å². The summed E-state index contributed by atoms with van der Waals surface area (Å²) in [7, 11) is 0. The van der Waals surface area contributed by atoms with Crippen LogP contribution in [-0.4, -0.2) is 43.0 Å². The van der Waals surface area contributed by atoms with Gasteiger partial charge in [-0.15, -0.1) is 0 Å². The molecule has 0 N–H and O–H groups in total. The Hall–Kier alpha value is -2.03. The summed E-state index contributed by atoms with van der Waals surface area (Å²) in [6, 6.07) is 7.81. The van der Waals surface area contributed by atoms with Gasteiger partial charge in [0.15, 0.2) is 6.29 Å². The minimum atomic E-state index is 0.561. The summed E-state index contributed by atoms with van der Waals surface area (Å²) < 4.78 is 5.94. The number of carbonyl (C=O) groups is 1. The highest BCUT2D eigenvalue weighted by atomic mass is 79.9. The monoisotopic (exact) mass is 517 g/mol. The summed E-state index contributed by atoms with van der Waals surface area (Å²) >= 11 is 6.83. The topological polar surface area (TPSA) is 54.9 Å². The van der Waals surface area contributed by atoms with E-state index in [0.717, 1.165) is 33.1 Å². The van der Waals surface area contributed by atoms with E-state index in [1.54, 1.807) is 10.6 Å². The van der Waals surface area contributed by atoms with Crippen molar-refractivity contribution in [2.24, 2.45) is 0 Å². The zero-order valence-electron chi connectivity index (χ0n) is 15.8. The lowest BCUT2D eigenvalue weighted by Crippen LogP contribution is -2.29. The zero-order chi connectivity index (χ0) is 20.2. The maximum absolute atomic E-state index is 10.5. The molecule has 1 aliphatic rings. The molecule has 29 heavy (non-hydrogen) atoms. The molecule has 8 heteroatoms. The lowest BCUT2D eigenvalue weighted by Gasteiger charge is -2.25. The molecule has 0 bridgehead atoms. The van der Waals surface area contributed by atoms with Gasteiger partial charge in [0.05, 0.1) is 18.1 Å². The van der Waals surface area contributed by atoms with Crippen LogP contribution in [0.4, 0.5) is 0 Å². The molecule has 4 aromatic heterocycles. The third-order valence-electron chi connectivity index (χ3n) is 5.00. The van der Waals surface area contributed by atoms with E-state index in [0.29, 0.717) is 5.69 Å². The average molecular weight is 519 g/mol. The minimum Gasteiger partial charge on any atom is -0.302 e. The first-order valence-electron chi connectivity index (χ1n) is 9.56. The molecule has 0 unspecified atom stereocenters.